The number of nitrogens with one attached hydrogen (secondary N) is 1. The Bertz CT molecular complexity index is 744. The van der Waals surface area contributed by atoms with Gasteiger partial charge in [-0.1, -0.05) is 23.4 Å². The summed E-state index contributed by atoms with van der Waals surface area (Å²) < 4.78 is 0.915. The van der Waals surface area contributed by atoms with Crippen LogP contribution >= 0.6 is 34.7 Å². The Morgan fingerprint density at radius 3 is 2.80 bits per heavy atom. The van der Waals surface area contributed by atoms with E-state index in [4.69, 9.17) is 11.6 Å². The van der Waals surface area contributed by atoms with E-state index in [9.17, 15) is 4.79 Å². The minimum atomic E-state index is -0.0458. The van der Waals surface area contributed by atoms with Crippen molar-refractivity contribution in [2.75, 3.05) is 49.2 Å². The third kappa shape index (κ3) is 5.10. The largest absolute Gasteiger partial charge is 0.367 e. The van der Waals surface area contributed by atoms with Gasteiger partial charge in [0.1, 0.15) is 0 Å². The molecule has 134 valence electrons. The Balaban J connectivity index is 1.66. The van der Waals surface area contributed by atoms with Crippen molar-refractivity contribution in [3.8, 4) is 0 Å². The number of anilines is 2. The van der Waals surface area contributed by atoms with E-state index in [0.29, 0.717) is 10.8 Å². The first-order chi connectivity index (χ1) is 12.0. The zero-order valence-corrected chi connectivity index (χ0v) is 16.7. The molecule has 8 heteroatoms. The van der Waals surface area contributed by atoms with E-state index in [1.807, 2.05) is 30.5 Å². The van der Waals surface area contributed by atoms with Crippen LogP contribution < -0.4 is 10.2 Å². The van der Waals surface area contributed by atoms with Crippen LogP contribution in [0.4, 0.5) is 11.4 Å². The molecule has 1 aliphatic rings. The van der Waals surface area contributed by atoms with Crippen LogP contribution in [0.1, 0.15) is 5.69 Å². The highest BCUT2D eigenvalue weighted by molar-refractivity contribution is 8.01. The number of likely N-dealkylation sites (N-methyl/N-ethyl adjacent to an activating group) is 1. The quantitative estimate of drug-likeness (QED) is 0.782. The summed E-state index contributed by atoms with van der Waals surface area (Å²) in [5.74, 6) is 0.289. The second-order valence-electron chi connectivity index (χ2n) is 6.04. The summed E-state index contributed by atoms with van der Waals surface area (Å²) >= 11 is 9.17. The van der Waals surface area contributed by atoms with Gasteiger partial charge in [0.15, 0.2) is 4.34 Å². The van der Waals surface area contributed by atoms with Crippen LogP contribution in [-0.2, 0) is 4.79 Å². The average Bonchev–Trinajstić information content (AvgIpc) is 3.00. The van der Waals surface area contributed by atoms with E-state index in [0.717, 1.165) is 47.6 Å². The molecule has 3 rings (SSSR count). The van der Waals surface area contributed by atoms with Crippen LogP contribution in [0.15, 0.2) is 27.9 Å². The van der Waals surface area contributed by atoms with Crippen molar-refractivity contribution in [1.29, 1.82) is 0 Å². The summed E-state index contributed by atoms with van der Waals surface area (Å²) in [7, 11) is 2.12. The van der Waals surface area contributed by atoms with Crippen LogP contribution in [-0.4, -0.2) is 54.8 Å². The van der Waals surface area contributed by atoms with Crippen molar-refractivity contribution in [2.24, 2.45) is 0 Å². The van der Waals surface area contributed by atoms with Gasteiger partial charge in [0, 0.05) is 42.3 Å². The van der Waals surface area contributed by atoms with Gasteiger partial charge in [0.25, 0.3) is 0 Å². The van der Waals surface area contributed by atoms with Gasteiger partial charge in [-0.3, -0.25) is 4.79 Å². The minimum absolute atomic E-state index is 0.0458. The Morgan fingerprint density at radius 2 is 2.12 bits per heavy atom. The molecule has 1 aliphatic heterocycles. The number of nitrogens with zero attached hydrogens (tertiary/aromatic N) is 3. The molecule has 0 radical (unpaired) electrons. The topological polar surface area (TPSA) is 48.5 Å². The maximum absolute atomic E-state index is 12.4. The molecule has 0 saturated carbocycles. The lowest BCUT2D eigenvalue weighted by Crippen LogP contribution is -2.44. The van der Waals surface area contributed by atoms with E-state index in [1.165, 1.54) is 11.8 Å². The summed E-state index contributed by atoms with van der Waals surface area (Å²) in [6.45, 7) is 5.85. The average molecular weight is 397 g/mol. The van der Waals surface area contributed by atoms with Gasteiger partial charge in [-0.05, 0) is 32.2 Å². The summed E-state index contributed by atoms with van der Waals surface area (Å²) in [4.78, 5) is 21.3. The molecule has 5 nitrogen and oxygen atoms in total. The number of aromatic nitrogens is 1. The second kappa shape index (κ2) is 8.40. The smallest absolute Gasteiger partial charge is 0.234 e. The number of thiazole rings is 1. The van der Waals surface area contributed by atoms with Crippen molar-refractivity contribution in [3.05, 3.63) is 34.3 Å². The number of benzene rings is 1. The highest BCUT2D eigenvalue weighted by Crippen LogP contribution is 2.30. The van der Waals surface area contributed by atoms with Crippen molar-refractivity contribution >= 4 is 52.0 Å². The summed E-state index contributed by atoms with van der Waals surface area (Å²) in [5.41, 5.74) is 2.79. The SMILES string of the molecule is Cc1csc(SCC(=O)Nc2cc(Cl)ccc2N2CCN(C)CC2)n1. The van der Waals surface area contributed by atoms with Crippen LogP contribution in [0.3, 0.4) is 0 Å². The second-order valence-corrected chi connectivity index (χ2v) is 8.56. The lowest BCUT2D eigenvalue weighted by atomic mass is 10.2. The minimum Gasteiger partial charge on any atom is -0.367 e. The Morgan fingerprint density at radius 1 is 1.36 bits per heavy atom. The first-order valence-electron chi connectivity index (χ1n) is 8.09. The number of hydrogen-bond donors (Lipinski definition) is 1. The van der Waals surface area contributed by atoms with Gasteiger partial charge in [0.05, 0.1) is 17.1 Å². The molecule has 0 atom stereocenters. The van der Waals surface area contributed by atoms with E-state index in [1.54, 1.807) is 11.3 Å². The lowest BCUT2D eigenvalue weighted by molar-refractivity contribution is -0.113. The third-order valence-corrected chi connectivity index (χ3v) is 6.38. The first kappa shape index (κ1) is 18.5. The molecule has 1 N–H and O–H groups in total. The maximum Gasteiger partial charge on any atom is 0.234 e. The summed E-state index contributed by atoms with van der Waals surface area (Å²) in [5, 5.41) is 5.62. The number of thioether (sulfide) groups is 1. The fourth-order valence-electron chi connectivity index (χ4n) is 2.64. The molecule has 0 unspecified atom stereocenters. The molecule has 0 aliphatic carbocycles. The van der Waals surface area contributed by atoms with E-state index in [2.05, 4.69) is 27.1 Å². The van der Waals surface area contributed by atoms with Crippen molar-refractivity contribution in [1.82, 2.24) is 9.88 Å². The van der Waals surface area contributed by atoms with Crippen molar-refractivity contribution < 1.29 is 4.79 Å². The van der Waals surface area contributed by atoms with Crippen molar-refractivity contribution in [3.63, 3.8) is 0 Å². The van der Waals surface area contributed by atoms with Gasteiger partial charge in [-0.25, -0.2) is 4.98 Å². The lowest BCUT2D eigenvalue weighted by Gasteiger charge is -2.35. The third-order valence-electron chi connectivity index (χ3n) is 4.00. The zero-order valence-electron chi connectivity index (χ0n) is 14.3. The molecule has 1 aromatic heterocycles. The standard InChI is InChI=1S/C17H21ClN4OS2/c1-12-10-24-17(19-12)25-11-16(23)20-14-9-13(18)3-4-15(14)22-7-5-21(2)6-8-22/h3-4,9-10H,5-8,11H2,1-2H3,(H,20,23). The molecule has 1 amide bonds. The number of hydrogen-bond acceptors (Lipinski definition) is 6. The molecule has 0 bridgehead atoms. The zero-order chi connectivity index (χ0) is 17.8. The number of piperazine rings is 1. The van der Waals surface area contributed by atoms with Gasteiger partial charge in [-0.2, -0.15) is 0 Å². The monoisotopic (exact) mass is 396 g/mol. The Hall–Kier alpha value is -1.28. The maximum atomic E-state index is 12.4. The van der Waals surface area contributed by atoms with Crippen molar-refractivity contribution in [2.45, 2.75) is 11.3 Å². The fraction of sp³-hybridized carbons (Fsp3) is 0.412. The van der Waals surface area contributed by atoms with Gasteiger partial charge in [-0.15, -0.1) is 11.3 Å². The van der Waals surface area contributed by atoms with Crippen LogP contribution in [0.5, 0.6) is 0 Å². The molecule has 0 spiro atoms. The molecular formula is C17H21ClN4OS2. The van der Waals surface area contributed by atoms with Gasteiger partial charge >= 0.3 is 0 Å². The number of carbonyl (C=O) groups excluding carboxylic acids is 1. The highest BCUT2D eigenvalue weighted by atomic mass is 35.5. The molecule has 2 heterocycles. The van der Waals surface area contributed by atoms with Crippen LogP contribution in [0, 0.1) is 6.92 Å². The number of aryl methyl sites for hydroxylation is 1. The number of amides is 1. The predicted octanol–water partition coefficient (Wildman–Crippen LogP) is 3.59. The van der Waals surface area contributed by atoms with Crippen LogP contribution in [0.25, 0.3) is 0 Å². The number of rotatable bonds is 5. The molecule has 2 aromatic rings. The Labute approximate surface area is 161 Å². The highest BCUT2D eigenvalue weighted by Gasteiger charge is 2.18. The Kier molecular flexibility index (Phi) is 6.22. The molecular weight excluding hydrogens is 376 g/mol. The van der Waals surface area contributed by atoms with E-state index in [-0.39, 0.29) is 5.91 Å². The molecule has 1 saturated heterocycles. The summed E-state index contributed by atoms with van der Waals surface area (Å²) in [6, 6.07) is 5.68. The predicted molar refractivity (Wildman–Crippen MR) is 107 cm³/mol. The summed E-state index contributed by atoms with van der Waals surface area (Å²) in [6.07, 6.45) is 0. The molecule has 25 heavy (non-hydrogen) atoms. The fourth-order valence-corrected chi connectivity index (χ4v) is 4.47. The normalized spacial score (nSPS) is 15.4. The van der Waals surface area contributed by atoms with Gasteiger partial charge in [0.2, 0.25) is 5.91 Å². The number of carbonyl (C=O) groups is 1. The molecule has 1 fully saturated rings. The number of halogens is 1. The first-order valence-corrected chi connectivity index (χ1v) is 10.3. The van der Waals surface area contributed by atoms with E-state index >= 15 is 0 Å². The van der Waals surface area contributed by atoms with Crippen LogP contribution in [0.2, 0.25) is 5.02 Å². The van der Waals surface area contributed by atoms with Gasteiger partial charge < -0.3 is 15.1 Å². The molecule has 1 aromatic carbocycles. The van der Waals surface area contributed by atoms with E-state index < -0.39 is 0 Å².